The molecule has 3 aliphatic rings. The van der Waals surface area contributed by atoms with Crippen LogP contribution >= 0.6 is 23.5 Å². The molecular formula is C20H17N3O4S2. The molecule has 1 aromatic carbocycles. The molecule has 0 radical (unpaired) electrons. The van der Waals surface area contributed by atoms with Gasteiger partial charge in [0.25, 0.3) is 5.91 Å². The lowest BCUT2D eigenvalue weighted by Gasteiger charge is -2.36. The number of allylic oxidation sites excluding steroid dienone is 1. The number of hydrogen-bond acceptors (Lipinski definition) is 6. The lowest BCUT2D eigenvalue weighted by atomic mass is 10.0. The number of carboxylic acid groups (broad SMARTS) is 1. The van der Waals surface area contributed by atoms with Crippen LogP contribution in [0.1, 0.15) is 11.3 Å². The Labute approximate surface area is 175 Å². The van der Waals surface area contributed by atoms with Gasteiger partial charge in [-0.25, -0.2) is 9.78 Å². The van der Waals surface area contributed by atoms with Gasteiger partial charge in [-0.05, 0) is 23.8 Å². The van der Waals surface area contributed by atoms with E-state index in [1.165, 1.54) is 16.7 Å². The monoisotopic (exact) mass is 427 g/mol. The molecule has 29 heavy (non-hydrogen) atoms. The number of aliphatic carboxylic acids is 1. The lowest BCUT2D eigenvalue weighted by Crippen LogP contribution is -2.51. The topological polar surface area (TPSA) is 84.7 Å². The maximum absolute atomic E-state index is 12.7. The minimum Gasteiger partial charge on any atom is -0.497 e. The number of carbonyl (C=O) groups is 2. The number of benzene rings is 1. The second-order valence-corrected chi connectivity index (χ2v) is 9.07. The molecule has 1 atom stereocenters. The first-order valence-electron chi connectivity index (χ1n) is 9.06. The van der Waals surface area contributed by atoms with Crippen molar-refractivity contribution in [1.29, 1.82) is 0 Å². The van der Waals surface area contributed by atoms with Gasteiger partial charge in [0, 0.05) is 29.8 Å². The Balaban J connectivity index is 1.40. The number of methoxy groups -OCH3 is 1. The van der Waals surface area contributed by atoms with Gasteiger partial charge in [-0.2, -0.15) is 0 Å². The zero-order chi connectivity index (χ0) is 20.1. The molecule has 9 heteroatoms. The van der Waals surface area contributed by atoms with Gasteiger partial charge in [0.1, 0.15) is 16.8 Å². The molecule has 3 aliphatic heterocycles. The van der Waals surface area contributed by atoms with Crippen molar-refractivity contribution in [1.82, 2.24) is 14.5 Å². The van der Waals surface area contributed by atoms with Gasteiger partial charge < -0.3 is 14.4 Å². The summed E-state index contributed by atoms with van der Waals surface area (Å²) >= 11 is 3.13. The summed E-state index contributed by atoms with van der Waals surface area (Å²) in [5.74, 6) is 0.429. The molecule has 1 aromatic heterocycles. The fourth-order valence-electron chi connectivity index (χ4n) is 3.65. The van der Waals surface area contributed by atoms with Crippen molar-refractivity contribution in [2.45, 2.75) is 23.5 Å². The summed E-state index contributed by atoms with van der Waals surface area (Å²) in [4.78, 5) is 31.2. The van der Waals surface area contributed by atoms with Crippen LogP contribution in [0, 0.1) is 0 Å². The maximum atomic E-state index is 12.7. The van der Waals surface area contributed by atoms with Crippen LogP contribution in [0.15, 0.2) is 51.8 Å². The number of aryl methyl sites for hydroxylation is 1. The number of aromatic nitrogens is 2. The average molecular weight is 428 g/mol. The van der Waals surface area contributed by atoms with E-state index in [1.54, 1.807) is 24.9 Å². The highest BCUT2D eigenvalue weighted by molar-refractivity contribution is 8.04. The highest BCUT2D eigenvalue weighted by Crippen LogP contribution is 2.50. The number of nitrogens with zero attached hydrogens (tertiary/aromatic N) is 3. The van der Waals surface area contributed by atoms with Crippen LogP contribution in [0.25, 0.3) is 6.08 Å². The van der Waals surface area contributed by atoms with E-state index in [9.17, 15) is 14.7 Å². The molecule has 0 aliphatic carbocycles. The number of hydrogen-bond donors (Lipinski definition) is 1. The third-order valence-corrected chi connectivity index (χ3v) is 7.36. The largest absolute Gasteiger partial charge is 0.497 e. The van der Waals surface area contributed by atoms with Gasteiger partial charge in [0.15, 0.2) is 5.16 Å². The van der Waals surface area contributed by atoms with Crippen LogP contribution in [0.2, 0.25) is 0 Å². The molecule has 7 nitrogen and oxygen atoms in total. The van der Waals surface area contributed by atoms with E-state index in [2.05, 4.69) is 9.55 Å². The van der Waals surface area contributed by atoms with Crippen LogP contribution < -0.4 is 4.74 Å². The quantitative estimate of drug-likeness (QED) is 0.580. The molecule has 1 fully saturated rings. The lowest BCUT2D eigenvalue weighted by molar-refractivity contribution is -0.141. The van der Waals surface area contributed by atoms with Crippen molar-refractivity contribution >= 4 is 41.5 Å². The zero-order valence-electron chi connectivity index (χ0n) is 15.5. The number of fused-ring (bicyclic) bond motifs is 2. The van der Waals surface area contributed by atoms with Crippen molar-refractivity contribution in [3.63, 3.8) is 0 Å². The average Bonchev–Trinajstić information content (AvgIpc) is 3.38. The predicted octanol–water partition coefficient (Wildman–Crippen LogP) is 2.83. The second-order valence-electron chi connectivity index (χ2n) is 6.84. The number of thioether (sulfide) groups is 2. The van der Waals surface area contributed by atoms with Crippen molar-refractivity contribution in [3.8, 4) is 5.75 Å². The molecule has 148 valence electrons. The summed E-state index contributed by atoms with van der Waals surface area (Å²) in [5.41, 5.74) is 2.40. The fourth-order valence-corrected chi connectivity index (χ4v) is 6.02. The molecule has 0 spiro atoms. The first-order valence-corrected chi connectivity index (χ1v) is 10.9. The number of imidazole rings is 1. The normalized spacial score (nSPS) is 21.4. The van der Waals surface area contributed by atoms with Crippen LogP contribution in [-0.4, -0.2) is 49.7 Å². The van der Waals surface area contributed by atoms with Crippen LogP contribution in [0.3, 0.4) is 0 Å². The standard InChI is InChI=1S/C20H17N3O4S2/c1-27-13-4-2-11(3-5-13)8-15-16(19(25)26)23-17(24)14(18(23)29-15)9-12-10-22-6-7-28-20(22)21-12/h2-5,9-10,18H,6-8H2,1H3,(H,25,26)/t18-/m1/s1. The predicted molar refractivity (Wildman–Crippen MR) is 111 cm³/mol. The SMILES string of the molecule is COc1ccc(CC2=C(C(=O)O)N3C(=O)C(=Cc4cn5c(n4)SCC5)[C@H]3S2)cc1. The number of carbonyl (C=O) groups excluding carboxylic acids is 1. The van der Waals surface area contributed by atoms with Crippen molar-refractivity contribution in [2.75, 3.05) is 12.9 Å². The Morgan fingerprint density at radius 3 is 2.86 bits per heavy atom. The second kappa shape index (κ2) is 7.00. The minimum absolute atomic E-state index is 0.0841. The molecular weight excluding hydrogens is 410 g/mol. The molecule has 1 amide bonds. The van der Waals surface area contributed by atoms with Gasteiger partial charge in [0.05, 0.1) is 18.4 Å². The van der Waals surface area contributed by atoms with Gasteiger partial charge in [-0.3, -0.25) is 9.69 Å². The fraction of sp³-hybridized carbons (Fsp3) is 0.250. The Kier molecular flexibility index (Phi) is 4.44. The van der Waals surface area contributed by atoms with E-state index < -0.39 is 5.97 Å². The minimum atomic E-state index is -1.08. The number of rotatable bonds is 5. The van der Waals surface area contributed by atoms with E-state index in [1.807, 2.05) is 30.5 Å². The summed E-state index contributed by atoms with van der Waals surface area (Å²) in [5, 5.41) is 10.4. The number of carboxylic acids is 1. The van der Waals surface area contributed by atoms with E-state index in [0.29, 0.717) is 16.9 Å². The van der Waals surface area contributed by atoms with Gasteiger partial charge in [0.2, 0.25) is 0 Å². The Morgan fingerprint density at radius 1 is 1.38 bits per heavy atom. The Bertz CT molecular complexity index is 1070. The third kappa shape index (κ3) is 3.05. The van der Waals surface area contributed by atoms with Crippen molar-refractivity contribution in [2.24, 2.45) is 0 Å². The van der Waals surface area contributed by atoms with Gasteiger partial charge >= 0.3 is 5.97 Å². The zero-order valence-corrected chi connectivity index (χ0v) is 17.1. The van der Waals surface area contributed by atoms with Crippen LogP contribution in [0.4, 0.5) is 0 Å². The molecule has 0 bridgehead atoms. The summed E-state index contributed by atoms with van der Waals surface area (Å²) in [6.07, 6.45) is 4.19. The highest BCUT2D eigenvalue weighted by Gasteiger charge is 2.52. The summed E-state index contributed by atoms with van der Waals surface area (Å²) in [7, 11) is 1.60. The summed E-state index contributed by atoms with van der Waals surface area (Å²) in [6.45, 7) is 0.922. The number of amides is 1. The molecule has 5 rings (SSSR count). The molecule has 1 saturated heterocycles. The van der Waals surface area contributed by atoms with Gasteiger partial charge in [-0.1, -0.05) is 35.7 Å². The Hall–Kier alpha value is -2.65. The van der Waals surface area contributed by atoms with E-state index in [4.69, 9.17) is 4.74 Å². The summed E-state index contributed by atoms with van der Waals surface area (Å²) < 4.78 is 7.25. The Morgan fingerprint density at radius 2 is 2.17 bits per heavy atom. The molecule has 0 unspecified atom stereocenters. The molecule has 0 saturated carbocycles. The first-order chi connectivity index (χ1) is 14.0. The molecule has 4 heterocycles. The summed E-state index contributed by atoms with van der Waals surface area (Å²) in [6, 6.07) is 7.50. The van der Waals surface area contributed by atoms with Crippen molar-refractivity contribution < 1.29 is 19.4 Å². The highest BCUT2D eigenvalue weighted by atomic mass is 32.2. The van der Waals surface area contributed by atoms with Crippen LogP contribution in [-0.2, 0) is 22.6 Å². The molecule has 1 N–H and O–H groups in total. The number of ether oxygens (including phenoxy) is 1. The third-order valence-electron chi connectivity index (χ3n) is 5.08. The van der Waals surface area contributed by atoms with Crippen molar-refractivity contribution in [3.05, 3.63) is 57.9 Å². The van der Waals surface area contributed by atoms with E-state index in [-0.39, 0.29) is 17.0 Å². The first kappa shape index (κ1) is 18.4. The number of β-lactam (4-membered cyclic amide) rings is 1. The van der Waals surface area contributed by atoms with E-state index >= 15 is 0 Å². The van der Waals surface area contributed by atoms with E-state index in [0.717, 1.165) is 34.5 Å². The molecule has 2 aromatic rings. The van der Waals surface area contributed by atoms with Gasteiger partial charge in [-0.15, -0.1) is 0 Å². The van der Waals surface area contributed by atoms with Crippen LogP contribution in [0.5, 0.6) is 5.75 Å². The smallest absolute Gasteiger partial charge is 0.353 e. The maximum Gasteiger partial charge on any atom is 0.353 e.